The molecule has 6 nitrogen and oxygen atoms in total. The monoisotopic (exact) mass is 758 g/mol. The Morgan fingerprint density at radius 1 is 0.239 bits per heavy atom. The molecule has 0 fully saturated rings. The number of nitrogens with zero attached hydrogens (tertiary/aromatic N) is 6. The summed E-state index contributed by atoms with van der Waals surface area (Å²) in [4.78, 5) is 0. The third kappa shape index (κ3) is 16.6. The van der Waals surface area contributed by atoms with E-state index in [0.717, 1.165) is 0 Å². The molecule has 0 aliphatic rings. The number of hydrogen-bond acceptors (Lipinski definition) is 6. The summed E-state index contributed by atoms with van der Waals surface area (Å²) >= 11 is 3.35. The zero-order chi connectivity index (χ0) is 37.5. The van der Waals surface area contributed by atoms with E-state index in [1.54, 1.807) is 0 Å². The Bertz CT molecular complexity index is 532. The fraction of sp³-hybridized carbons (Fsp3) is 1.00. The van der Waals surface area contributed by atoms with Crippen LogP contribution in [-0.2, 0) is 14.6 Å². The van der Waals surface area contributed by atoms with E-state index in [2.05, 4.69) is 219 Å². The van der Waals surface area contributed by atoms with Crippen molar-refractivity contribution in [2.45, 2.75) is 239 Å². The Hall–Kier alpha value is 1.40. The van der Waals surface area contributed by atoms with Crippen LogP contribution in [0.4, 0.5) is 0 Å². The predicted molar refractivity (Wildman–Crippen MR) is 215 cm³/mol. The second-order valence-corrected chi connectivity index (χ2v) is 20.5. The van der Waals surface area contributed by atoms with Crippen molar-refractivity contribution in [3.05, 3.63) is 0 Å². The van der Waals surface area contributed by atoms with Gasteiger partial charge in [-0.3, -0.25) is 0 Å². The average molecular weight is 759 g/mol. The van der Waals surface area contributed by atoms with E-state index in [-0.39, 0.29) is 0 Å². The number of rotatable bonds is 18. The molecular formula is C36H86ClN6NiP2+2. The maximum atomic E-state index is 4.26. The summed E-state index contributed by atoms with van der Waals surface area (Å²) in [6, 6.07) is 6.77. The van der Waals surface area contributed by atoms with Crippen LogP contribution >= 0.6 is 26.9 Å². The molecular weight excluding hydrogens is 673 g/mol. The Kier molecular flexibility index (Phi) is 28.6. The van der Waals surface area contributed by atoms with Crippen LogP contribution < -0.4 is 0 Å². The first-order valence-corrected chi connectivity index (χ1v) is 22.5. The molecule has 0 spiro atoms. The fourth-order valence-electron chi connectivity index (χ4n) is 7.15. The van der Waals surface area contributed by atoms with Crippen LogP contribution in [0, 0.1) is 0 Å². The summed E-state index contributed by atoms with van der Waals surface area (Å²) in [5.74, 6) is 0. The van der Waals surface area contributed by atoms with Gasteiger partial charge in [0, 0.05) is 72.5 Å². The van der Waals surface area contributed by atoms with Crippen molar-refractivity contribution >= 4 is 26.9 Å². The van der Waals surface area contributed by atoms with Crippen LogP contribution in [-0.4, -0.2) is 101 Å². The Morgan fingerprint density at radius 2 is 0.304 bits per heavy atom. The van der Waals surface area contributed by atoms with Gasteiger partial charge in [0.05, 0.1) is 0 Å². The number of halogens is 1. The van der Waals surface area contributed by atoms with Gasteiger partial charge in [-0.1, -0.05) is 0 Å². The van der Waals surface area contributed by atoms with Gasteiger partial charge < -0.3 is 0 Å². The van der Waals surface area contributed by atoms with Gasteiger partial charge in [-0.15, -0.1) is 28.0 Å². The quantitative estimate of drug-likeness (QED) is 0.102. The van der Waals surface area contributed by atoms with Crippen molar-refractivity contribution in [3.8, 4) is 0 Å². The summed E-state index contributed by atoms with van der Waals surface area (Å²) < 4.78 is 16.6. The molecule has 0 aromatic rings. The Labute approximate surface area is 306 Å². The predicted octanol–water partition coefficient (Wildman–Crippen LogP) is 11.3. The van der Waals surface area contributed by atoms with Crippen LogP contribution in [0.5, 0.6) is 0 Å². The van der Waals surface area contributed by atoms with Crippen LogP contribution in [0.1, 0.15) is 166 Å². The normalized spacial score (nSPS) is 13.5. The van der Waals surface area contributed by atoms with E-state index in [1.807, 2.05) is 0 Å². The van der Waals surface area contributed by atoms with Gasteiger partial charge in [-0.25, -0.2) is 0 Å². The van der Waals surface area contributed by atoms with E-state index in [4.69, 9.17) is 0 Å². The van der Waals surface area contributed by atoms with Crippen molar-refractivity contribution in [3.63, 3.8) is 0 Å². The van der Waals surface area contributed by atoms with Gasteiger partial charge in [0.2, 0.25) is 16.7 Å². The summed E-state index contributed by atoms with van der Waals surface area (Å²) in [7, 11) is 2.35. The average Bonchev–Trinajstić information content (AvgIpc) is 2.83. The van der Waals surface area contributed by atoms with E-state index < -0.39 is 16.7 Å². The van der Waals surface area contributed by atoms with Gasteiger partial charge in [-0.05, 0) is 166 Å². The standard InChI is InChI=1S/2C18H42N3P.ClH.Ni/c2*1-13(2)19(14(3)4)22(20(15(5)6)16(7)8)21(17(9)10)18(11)12;;/h2*13-18H,1-12H3;1H;/q;;;+1/p+1. The van der Waals surface area contributed by atoms with E-state index >= 15 is 0 Å². The summed E-state index contributed by atoms with van der Waals surface area (Å²) in [6.07, 6.45) is 0. The van der Waals surface area contributed by atoms with Gasteiger partial charge >= 0.3 is 24.8 Å². The molecule has 0 atom stereocenters. The fourth-order valence-corrected chi connectivity index (χ4v) is 14.3. The molecule has 0 aliphatic heterocycles. The van der Waals surface area contributed by atoms with Gasteiger partial charge in [0.15, 0.2) is 0 Å². The zero-order valence-corrected chi connectivity index (χ0v) is 39.0. The zero-order valence-electron chi connectivity index (χ0n) is 35.3. The molecule has 0 amide bonds. The van der Waals surface area contributed by atoms with Gasteiger partial charge in [0.1, 0.15) is 0 Å². The number of hydrogen-bond donors (Lipinski definition) is 0. The van der Waals surface area contributed by atoms with Gasteiger partial charge in [-0.2, -0.15) is 0 Å². The van der Waals surface area contributed by atoms with Crippen LogP contribution in [0.15, 0.2) is 0 Å². The van der Waals surface area contributed by atoms with E-state index in [0.29, 0.717) is 72.5 Å². The van der Waals surface area contributed by atoms with Gasteiger partial charge in [0.25, 0.3) is 0 Å². The van der Waals surface area contributed by atoms with E-state index in [1.165, 1.54) is 0 Å². The first kappa shape index (κ1) is 51.8. The molecule has 10 heteroatoms. The molecule has 46 heavy (non-hydrogen) atoms. The third-order valence-corrected chi connectivity index (χ3v) is 17.0. The second kappa shape index (κ2) is 25.4. The Balaban J connectivity index is -0.000000762. The van der Waals surface area contributed by atoms with Crippen molar-refractivity contribution in [1.82, 2.24) is 28.0 Å². The molecule has 0 unspecified atom stereocenters. The molecule has 285 valence electrons. The van der Waals surface area contributed by atoms with Crippen molar-refractivity contribution < 1.29 is 14.6 Å². The summed E-state index contributed by atoms with van der Waals surface area (Å²) in [5, 5.41) is 0. The molecule has 0 saturated carbocycles. The van der Waals surface area contributed by atoms with Crippen molar-refractivity contribution in [1.29, 1.82) is 0 Å². The summed E-state index contributed by atoms with van der Waals surface area (Å²) in [5.41, 5.74) is 0. The molecule has 0 radical (unpaired) electrons. The third-order valence-electron chi connectivity index (χ3n) is 8.06. The maximum absolute atomic E-state index is 4.26. The minimum absolute atomic E-state index is 0.564. The SMILES string of the molecule is CC(C)N(C(C)C)[PH+](N(C(C)C)C(C)C)N(C(C)C)C(C)C.CC(C)N(C(C)C)[PH+](N(C(C)C)C(C)C)N(C(C)C)C(C)C.[Cl][Ni]. The molecule has 0 heterocycles. The molecule has 0 bridgehead atoms. The first-order chi connectivity index (χ1) is 20.9. The van der Waals surface area contributed by atoms with Crippen molar-refractivity contribution in [2.24, 2.45) is 0 Å². The molecule has 0 N–H and O–H groups in total. The molecule has 0 aliphatic carbocycles. The minimum atomic E-state index is -0.957. The second-order valence-electron chi connectivity index (χ2n) is 16.2. The summed E-state index contributed by atoms with van der Waals surface area (Å²) in [6.45, 7) is 56.4. The van der Waals surface area contributed by atoms with Crippen LogP contribution in [0.2, 0.25) is 0 Å². The molecule has 0 aromatic heterocycles. The Morgan fingerprint density at radius 3 is 0.348 bits per heavy atom. The van der Waals surface area contributed by atoms with Crippen LogP contribution in [0.25, 0.3) is 0 Å². The first-order valence-electron chi connectivity index (χ1n) is 18.4. The topological polar surface area (TPSA) is 19.4 Å². The van der Waals surface area contributed by atoms with E-state index in [9.17, 15) is 0 Å². The molecule has 0 saturated heterocycles. The van der Waals surface area contributed by atoms with Crippen LogP contribution in [0.3, 0.4) is 0 Å². The van der Waals surface area contributed by atoms with Crippen molar-refractivity contribution in [2.75, 3.05) is 0 Å². The molecule has 0 aromatic carbocycles. The molecule has 0 rings (SSSR count).